The number of aromatic carboxylic acids is 1. The van der Waals surface area contributed by atoms with Crippen molar-refractivity contribution >= 4 is 11.8 Å². The zero-order valence-corrected chi connectivity index (χ0v) is 9.88. The second kappa shape index (κ2) is 5.07. The Labute approximate surface area is 99.5 Å². The van der Waals surface area contributed by atoms with Crippen molar-refractivity contribution < 1.29 is 24.3 Å². The third-order valence-corrected chi connectivity index (χ3v) is 2.39. The van der Waals surface area contributed by atoms with Gasteiger partial charge in [-0.3, -0.25) is 9.28 Å². The first-order chi connectivity index (χ1) is 7.85. The van der Waals surface area contributed by atoms with Gasteiger partial charge in [-0.25, -0.2) is 4.79 Å². The first kappa shape index (κ1) is 13.3. The van der Waals surface area contributed by atoms with Crippen LogP contribution in [-0.4, -0.2) is 53.8 Å². The second-order valence-corrected chi connectivity index (χ2v) is 4.54. The van der Waals surface area contributed by atoms with Gasteiger partial charge in [0, 0.05) is 5.56 Å². The van der Waals surface area contributed by atoms with Gasteiger partial charge in [-0.2, -0.15) is 0 Å². The molecule has 17 heavy (non-hydrogen) atoms. The van der Waals surface area contributed by atoms with Gasteiger partial charge < -0.3 is 10.2 Å². The van der Waals surface area contributed by atoms with Gasteiger partial charge in [0.15, 0.2) is 6.73 Å². The highest BCUT2D eigenvalue weighted by molar-refractivity contribution is 5.99. The summed E-state index contributed by atoms with van der Waals surface area (Å²) in [4.78, 5) is 22.6. The molecule has 0 aliphatic carbocycles. The topological polar surface area (TPSA) is 74.6 Å². The number of nitrogens with zero attached hydrogens (tertiary/aromatic N) is 1. The number of Topliss-reactive ketones (excluding diaryl/α,β-unsaturated/α-hetero) is 1. The van der Waals surface area contributed by atoms with E-state index in [4.69, 9.17) is 10.2 Å². The van der Waals surface area contributed by atoms with Crippen LogP contribution >= 0.6 is 0 Å². The van der Waals surface area contributed by atoms with Crippen LogP contribution in [0.5, 0.6) is 0 Å². The van der Waals surface area contributed by atoms with Crippen LogP contribution in [0.2, 0.25) is 0 Å². The summed E-state index contributed by atoms with van der Waals surface area (Å²) in [6.07, 6.45) is 0. The second-order valence-electron chi connectivity index (χ2n) is 4.54. The molecule has 1 rings (SSSR count). The van der Waals surface area contributed by atoms with Gasteiger partial charge in [0.25, 0.3) is 0 Å². The Morgan fingerprint density at radius 2 is 1.82 bits per heavy atom. The fourth-order valence-corrected chi connectivity index (χ4v) is 1.36. The number of carbonyl (C=O) groups excluding carboxylic acids is 1. The van der Waals surface area contributed by atoms with Crippen molar-refractivity contribution in [2.45, 2.75) is 0 Å². The number of hydrogen-bond acceptors (Lipinski definition) is 3. The summed E-state index contributed by atoms with van der Waals surface area (Å²) in [5.74, 6) is -1.25. The van der Waals surface area contributed by atoms with E-state index in [0.717, 1.165) is 0 Å². The predicted molar refractivity (Wildman–Crippen MR) is 61.8 cm³/mol. The summed E-state index contributed by atoms with van der Waals surface area (Å²) in [6, 6.07) is 5.90. The summed E-state index contributed by atoms with van der Waals surface area (Å²) >= 11 is 0. The lowest BCUT2D eigenvalue weighted by Crippen LogP contribution is -2.44. The van der Waals surface area contributed by atoms with Crippen LogP contribution in [0.1, 0.15) is 20.7 Å². The molecule has 0 aliphatic rings. The first-order valence-corrected chi connectivity index (χ1v) is 5.15. The van der Waals surface area contributed by atoms with E-state index in [1.54, 1.807) is 20.2 Å². The number of carboxylic acids is 1. The number of rotatable bonds is 5. The minimum absolute atomic E-state index is 0.0881. The van der Waals surface area contributed by atoms with Crippen LogP contribution < -0.4 is 0 Å². The maximum absolute atomic E-state index is 11.9. The molecule has 0 saturated heterocycles. The van der Waals surface area contributed by atoms with Crippen molar-refractivity contribution in [1.82, 2.24) is 0 Å². The SMILES string of the molecule is C[N+](C)(CO)CC(=O)c1cccc(C(=O)O)c1. The number of hydrogen-bond donors (Lipinski definition) is 2. The summed E-state index contributed by atoms with van der Waals surface area (Å²) < 4.78 is 0.149. The van der Waals surface area contributed by atoms with Gasteiger partial charge in [-0.15, -0.1) is 0 Å². The van der Waals surface area contributed by atoms with Gasteiger partial charge in [-0.1, -0.05) is 12.1 Å². The van der Waals surface area contributed by atoms with Crippen LogP contribution in [0.15, 0.2) is 24.3 Å². The molecule has 5 heteroatoms. The molecule has 0 heterocycles. The monoisotopic (exact) mass is 238 g/mol. The predicted octanol–water partition coefficient (Wildman–Crippen LogP) is 0.594. The Morgan fingerprint density at radius 3 is 2.35 bits per heavy atom. The highest BCUT2D eigenvalue weighted by atomic mass is 16.4. The molecule has 5 nitrogen and oxygen atoms in total. The molecular formula is C12H16NO4+. The number of benzene rings is 1. The van der Waals surface area contributed by atoms with Gasteiger partial charge in [-0.05, 0) is 12.1 Å². The summed E-state index contributed by atoms with van der Waals surface area (Å²) in [6.45, 7) is -0.0239. The van der Waals surface area contributed by atoms with E-state index in [9.17, 15) is 9.59 Å². The third kappa shape index (κ3) is 3.65. The lowest BCUT2D eigenvalue weighted by Gasteiger charge is -2.25. The Bertz CT molecular complexity index is 440. The number of likely N-dealkylation sites (N-methyl/N-ethyl adjacent to an activating group) is 1. The Balaban J connectivity index is 2.90. The summed E-state index contributed by atoms with van der Waals surface area (Å²) in [5.41, 5.74) is 0.440. The van der Waals surface area contributed by atoms with Crippen molar-refractivity contribution in [3.05, 3.63) is 35.4 Å². The van der Waals surface area contributed by atoms with Crippen molar-refractivity contribution in [3.63, 3.8) is 0 Å². The lowest BCUT2D eigenvalue weighted by molar-refractivity contribution is -0.900. The lowest BCUT2D eigenvalue weighted by atomic mass is 10.1. The molecule has 0 unspecified atom stereocenters. The van der Waals surface area contributed by atoms with Crippen LogP contribution in [0.25, 0.3) is 0 Å². The molecule has 1 aromatic carbocycles. The van der Waals surface area contributed by atoms with E-state index in [0.29, 0.717) is 5.56 Å². The Hall–Kier alpha value is -1.72. The first-order valence-electron chi connectivity index (χ1n) is 5.15. The van der Waals surface area contributed by atoms with Crippen LogP contribution in [0, 0.1) is 0 Å². The van der Waals surface area contributed by atoms with Gasteiger partial charge in [0.2, 0.25) is 5.78 Å². The molecule has 1 aromatic rings. The molecule has 0 aliphatic heterocycles. The zero-order chi connectivity index (χ0) is 13.1. The summed E-state index contributed by atoms with van der Waals surface area (Å²) in [7, 11) is 3.44. The van der Waals surface area contributed by atoms with E-state index in [1.807, 2.05) is 0 Å². The molecule has 0 spiro atoms. The van der Waals surface area contributed by atoms with Crippen molar-refractivity contribution in [1.29, 1.82) is 0 Å². The van der Waals surface area contributed by atoms with Crippen molar-refractivity contribution in [3.8, 4) is 0 Å². The number of ketones is 1. The third-order valence-electron chi connectivity index (χ3n) is 2.39. The van der Waals surface area contributed by atoms with Gasteiger partial charge >= 0.3 is 5.97 Å². The number of aliphatic hydroxyl groups excluding tert-OH is 1. The molecule has 0 amide bonds. The molecule has 0 fully saturated rings. The largest absolute Gasteiger partial charge is 0.478 e. The van der Waals surface area contributed by atoms with Crippen molar-refractivity contribution in [2.75, 3.05) is 27.4 Å². The van der Waals surface area contributed by atoms with E-state index in [1.165, 1.54) is 18.2 Å². The average Bonchev–Trinajstić information content (AvgIpc) is 2.28. The van der Waals surface area contributed by atoms with E-state index in [2.05, 4.69) is 0 Å². The Kier molecular flexibility index (Phi) is 3.98. The molecule has 0 aromatic heterocycles. The standard InChI is InChI=1S/C12H15NO4/c1-13(2,8-14)7-11(15)9-4-3-5-10(6-9)12(16)17/h3-6,14H,7-8H2,1-2H3/p+1. The van der Waals surface area contributed by atoms with Gasteiger partial charge in [0.05, 0.1) is 19.7 Å². The molecule has 2 N–H and O–H groups in total. The number of carboxylic acid groups (broad SMARTS) is 1. The fourth-order valence-electron chi connectivity index (χ4n) is 1.36. The van der Waals surface area contributed by atoms with E-state index >= 15 is 0 Å². The van der Waals surface area contributed by atoms with Crippen LogP contribution in [0.3, 0.4) is 0 Å². The zero-order valence-electron chi connectivity index (χ0n) is 9.88. The van der Waals surface area contributed by atoms with Crippen LogP contribution in [-0.2, 0) is 0 Å². The molecule has 92 valence electrons. The minimum Gasteiger partial charge on any atom is -0.478 e. The minimum atomic E-state index is -1.06. The highest BCUT2D eigenvalue weighted by Crippen LogP contribution is 2.08. The molecular weight excluding hydrogens is 222 g/mol. The maximum atomic E-state index is 11.9. The highest BCUT2D eigenvalue weighted by Gasteiger charge is 2.20. The number of aliphatic hydroxyl groups is 1. The average molecular weight is 238 g/mol. The van der Waals surface area contributed by atoms with E-state index < -0.39 is 5.97 Å². The molecule has 0 bridgehead atoms. The maximum Gasteiger partial charge on any atom is 0.335 e. The van der Waals surface area contributed by atoms with Crippen LogP contribution in [0.4, 0.5) is 0 Å². The molecule has 0 atom stereocenters. The Morgan fingerprint density at radius 1 is 1.24 bits per heavy atom. The van der Waals surface area contributed by atoms with Gasteiger partial charge in [0.1, 0.15) is 6.54 Å². The fraction of sp³-hybridized carbons (Fsp3) is 0.333. The number of quaternary nitrogens is 1. The molecule has 0 radical (unpaired) electrons. The molecule has 0 saturated carbocycles. The smallest absolute Gasteiger partial charge is 0.335 e. The van der Waals surface area contributed by atoms with Crippen molar-refractivity contribution in [2.24, 2.45) is 0 Å². The summed E-state index contributed by atoms with van der Waals surface area (Å²) in [5, 5.41) is 17.9. The normalized spacial score (nSPS) is 11.2. The number of carbonyl (C=O) groups is 2. The quantitative estimate of drug-likeness (QED) is 0.447. The van der Waals surface area contributed by atoms with E-state index in [-0.39, 0.29) is 29.1 Å².